The number of ether oxygens (including phenoxy) is 5. The predicted molar refractivity (Wildman–Crippen MR) is 227 cm³/mol. The monoisotopic (exact) mass is 893 g/mol. The highest BCUT2D eigenvalue weighted by molar-refractivity contribution is 5.95. The Balaban J connectivity index is 1.02. The lowest BCUT2D eigenvalue weighted by Gasteiger charge is -2.48. The summed E-state index contributed by atoms with van der Waals surface area (Å²) in [6, 6.07) is 31.8. The molecule has 9 rings (SSSR count). The van der Waals surface area contributed by atoms with Crippen LogP contribution in [0.1, 0.15) is 44.6 Å². The van der Waals surface area contributed by atoms with Gasteiger partial charge in [0.05, 0.1) is 26.4 Å². The number of hydrogen-bond donors (Lipinski definition) is 7. The Labute approximate surface area is 374 Å². The van der Waals surface area contributed by atoms with Crippen LogP contribution in [-0.4, -0.2) is 136 Å². The Kier molecular flexibility index (Phi) is 13.0. The fourth-order valence-electron chi connectivity index (χ4n) is 9.67. The van der Waals surface area contributed by atoms with Crippen LogP contribution in [-0.2, 0) is 57.0 Å². The van der Waals surface area contributed by atoms with Gasteiger partial charge in [-0.25, -0.2) is 0 Å². The van der Waals surface area contributed by atoms with Crippen molar-refractivity contribution in [3.63, 3.8) is 0 Å². The first-order valence-corrected chi connectivity index (χ1v) is 21.6. The normalized spacial score (nSPS) is 31.3. The Morgan fingerprint density at radius 1 is 0.831 bits per heavy atom. The molecule has 5 aliphatic rings. The zero-order chi connectivity index (χ0) is 45.3. The summed E-state index contributed by atoms with van der Waals surface area (Å²) >= 11 is 0. The summed E-state index contributed by atoms with van der Waals surface area (Å²) in [6.45, 7) is -0.759. The third kappa shape index (κ3) is 8.27. The second-order valence-corrected chi connectivity index (χ2v) is 16.7. The number of hydroxylamine groups is 2. The lowest BCUT2D eigenvalue weighted by Crippen LogP contribution is -2.69. The lowest BCUT2D eigenvalue weighted by atomic mass is 9.62. The van der Waals surface area contributed by atoms with E-state index < -0.39 is 90.8 Å². The van der Waals surface area contributed by atoms with Gasteiger partial charge in [0.2, 0.25) is 11.7 Å². The molecule has 0 unspecified atom stereocenters. The maximum atomic E-state index is 15.1. The molecule has 4 heterocycles. The van der Waals surface area contributed by atoms with Gasteiger partial charge in [-0.05, 0) is 28.8 Å². The summed E-state index contributed by atoms with van der Waals surface area (Å²) in [7, 11) is 0. The third-order valence-corrected chi connectivity index (χ3v) is 12.8. The second kappa shape index (κ2) is 18.8. The van der Waals surface area contributed by atoms with Crippen molar-refractivity contribution in [2.24, 2.45) is 5.41 Å². The molecular weight excluding hydrogens is 843 g/mol. The number of aliphatic hydroxyl groups is 5. The van der Waals surface area contributed by atoms with Crippen molar-refractivity contribution in [1.82, 2.24) is 15.7 Å². The molecule has 4 aliphatic heterocycles. The van der Waals surface area contributed by atoms with E-state index in [9.17, 15) is 35.1 Å². The van der Waals surface area contributed by atoms with Crippen LogP contribution in [0, 0.1) is 5.41 Å². The van der Waals surface area contributed by atoms with Gasteiger partial charge in [0.15, 0.2) is 12.3 Å². The molecule has 5 fully saturated rings. The van der Waals surface area contributed by atoms with E-state index in [0.29, 0.717) is 33.4 Å². The molecular formula is C48H51N3O14. The second-order valence-electron chi connectivity index (χ2n) is 16.7. The molecule has 65 heavy (non-hydrogen) atoms. The fraction of sp³-hybridized carbons (Fsp3) is 0.396. The van der Waals surface area contributed by atoms with Crippen molar-refractivity contribution < 1.29 is 68.4 Å². The highest BCUT2D eigenvalue weighted by Gasteiger charge is 2.76. The summed E-state index contributed by atoms with van der Waals surface area (Å²) in [4.78, 5) is 49.2. The molecule has 2 bridgehead atoms. The minimum Gasteiger partial charge on any atom is -0.458 e. The standard InChI is InChI=1S/C48H51N3O14/c52-21-20-49-43(57)30-14-9-11-28(23-30)25-50-46(59)47-24-34-39-40(64-48(63-39,32-16-3-1-4-17-32)33-18-5-2-6-19-33)42(47)65-51(41(47)44(58)61-34)26-31-13-8-7-12-29(31)15-10-22-60-45-38(56)37(55)36(54)35(27-53)62-45/h1-19,23,34-42,45,52-56H,20-22,24-27H2,(H,49,57)(H,50,59)/t34-,35-,36+,37+,38-,39+,40+,41+,42-,45+,47+/m1/s1. The number of amides is 2. The Bertz CT molecular complexity index is 2330. The lowest BCUT2D eigenvalue weighted by molar-refractivity contribution is -0.298. The molecule has 0 spiro atoms. The van der Waals surface area contributed by atoms with E-state index >= 15 is 4.79 Å². The van der Waals surface area contributed by atoms with E-state index in [1.807, 2.05) is 84.9 Å². The molecule has 4 aromatic carbocycles. The zero-order valence-corrected chi connectivity index (χ0v) is 35.1. The van der Waals surface area contributed by atoms with E-state index in [-0.39, 0.29) is 45.2 Å². The van der Waals surface area contributed by atoms with Gasteiger partial charge in [-0.2, -0.15) is 5.06 Å². The van der Waals surface area contributed by atoms with Gasteiger partial charge in [0, 0.05) is 36.2 Å². The number of nitrogens with zero attached hydrogens (tertiary/aromatic N) is 1. The van der Waals surface area contributed by atoms with Gasteiger partial charge in [0.25, 0.3) is 5.91 Å². The van der Waals surface area contributed by atoms with Gasteiger partial charge < -0.3 is 59.9 Å². The number of esters is 1. The Hall–Kier alpha value is -5.41. The zero-order valence-electron chi connectivity index (χ0n) is 35.1. The van der Waals surface area contributed by atoms with Crippen LogP contribution in [0.5, 0.6) is 0 Å². The molecule has 2 amide bonds. The number of benzene rings is 4. The molecule has 17 nitrogen and oxygen atoms in total. The van der Waals surface area contributed by atoms with Gasteiger partial charge >= 0.3 is 5.97 Å². The quantitative estimate of drug-likeness (QED) is 0.0827. The molecule has 4 aromatic rings. The van der Waals surface area contributed by atoms with Crippen molar-refractivity contribution >= 4 is 23.9 Å². The maximum absolute atomic E-state index is 15.1. The van der Waals surface area contributed by atoms with Crippen molar-refractivity contribution in [1.29, 1.82) is 0 Å². The molecule has 1 aliphatic carbocycles. The van der Waals surface area contributed by atoms with E-state index in [2.05, 4.69) is 10.6 Å². The number of fused-ring (bicyclic) bond motifs is 4. The van der Waals surface area contributed by atoms with E-state index in [1.165, 1.54) is 5.06 Å². The maximum Gasteiger partial charge on any atom is 0.327 e. The topological polar surface area (TPSA) is 235 Å². The highest BCUT2D eigenvalue weighted by atomic mass is 16.8. The van der Waals surface area contributed by atoms with Crippen LogP contribution in [0.15, 0.2) is 115 Å². The summed E-state index contributed by atoms with van der Waals surface area (Å²) in [5, 5.41) is 56.7. The van der Waals surface area contributed by atoms with E-state index in [0.717, 1.165) is 0 Å². The molecule has 7 N–H and O–H groups in total. The number of nitrogens with one attached hydrogen (secondary N) is 2. The largest absolute Gasteiger partial charge is 0.458 e. The van der Waals surface area contributed by atoms with Crippen molar-refractivity contribution in [2.75, 3.05) is 26.4 Å². The SMILES string of the molecule is O=C(NCCO)c1cccc(CNC(=O)[C@@]23C[C@H]4OC(=O)[C@@H]2N(Cc2ccccc2C=CCO[C@H]2O[C@H](CO)[C@H](O)[C@H](O)[C@H]2O)O[C@@H]3[C@H]2OC(c3ccccc3)(c3ccccc3)O[C@H]24)c1. The molecule has 11 atom stereocenters. The predicted octanol–water partition coefficient (Wildman–Crippen LogP) is 1.04. The number of aliphatic hydroxyl groups excluding tert-OH is 5. The smallest absolute Gasteiger partial charge is 0.327 e. The number of hydrogen-bond acceptors (Lipinski definition) is 15. The average molecular weight is 894 g/mol. The first kappa shape index (κ1) is 44.8. The summed E-state index contributed by atoms with van der Waals surface area (Å²) < 4.78 is 31.4. The van der Waals surface area contributed by atoms with Crippen molar-refractivity contribution in [2.45, 2.75) is 86.5 Å². The van der Waals surface area contributed by atoms with Crippen LogP contribution in [0.2, 0.25) is 0 Å². The number of carbonyl (C=O) groups excluding carboxylic acids is 3. The van der Waals surface area contributed by atoms with Gasteiger partial charge in [0.1, 0.15) is 54.2 Å². The molecule has 342 valence electrons. The van der Waals surface area contributed by atoms with Crippen LogP contribution in [0.3, 0.4) is 0 Å². The molecule has 17 heteroatoms. The molecule has 0 aromatic heterocycles. The first-order chi connectivity index (χ1) is 31.6. The van der Waals surface area contributed by atoms with Crippen LogP contribution in [0.25, 0.3) is 6.08 Å². The van der Waals surface area contributed by atoms with Gasteiger partial charge in [-0.1, -0.05) is 109 Å². The summed E-state index contributed by atoms with van der Waals surface area (Å²) in [5.41, 5.74) is 2.26. The first-order valence-electron chi connectivity index (χ1n) is 21.6. The van der Waals surface area contributed by atoms with E-state index in [4.69, 9.17) is 28.5 Å². The van der Waals surface area contributed by atoms with Gasteiger partial charge in [-0.15, -0.1) is 0 Å². The van der Waals surface area contributed by atoms with Crippen LogP contribution in [0.4, 0.5) is 0 Å². The number of carbonyl (C=O) groups is 3. The minimum absolute atomic E-state index is 0.0170. The Morgan fingerprint density at radius 2 is 1.54 bits per heavy atom. The molecule has 0 radical (unpaired) electrons. The Morgan fingerprint density at radius 3 is 2.26 bits per heavy atom. The van der Waals surface area contributed by atoms with E-state index in [1.54, 1.807) is 36.4 Å². The summed E-state index contributed by atoms with van der Waals surface area (Å²) in [6.07, 6.45) is -7.29. The summed E-state index contributed by atoms with van der Waals surface area (Å²) in [5.74, 6) is -2.96. The van der Waals surface area contributed by atoms with Crippen molar-refractivity contribution in [3.8, 4) is 0 Å². The van der Waals surface area contributed by atoms with Crippen LogP contribution < -0.4 is 10.6 Å². The highest BCUT2D eigenvalue weighted by Crippen LogP contribution is 2.59. The third-order valence-electron chi connectivity index (χ3n) is 12.8. The minimum atomic E-state index is -1.58. The number of rotatable bonds is 15. The van der Waals surface area contributed by atoms with Gasteiger partial charge in [-0.3, -0.25) is 19.2 Å². The van der Waals surface area contributed by atoms with Crippen molar-refractivity contribution in [3.05, 3.63) is 149 Å². The fourth-order valence-corrected chi connectivity index (χ4v) is 9.67. The average Bonchev–Trinajstić information content (AvgIpc) is 3.92. The molecule has 1 saturated carbocycles. The molecule has 4 saturated heterocycles. The van der Waals surface area contributed by atoms with Crippen LogP contribution >= 0.6 is 0 Å².